The molecule has 1 unspecified atom stereocenters. The molecule has 1 heterocycles. The fourth-order valence-corrected chi connectivity index (χ4v) is 2.08. The van der Waals surface area contributed by atoms with Crippen LogP contribution in [-0.2, 0) is 4.79 Å². The lowest BCUT2D eigenvalue weighted by Gasteiger charge is -2.32. The summed E-state index contributed by atoms with van der Waals surface area (Å²) in [7, 11) is 0. The van der Waals surface area contributed by atoms with Gasteiger partial charge in [0.1, 0.15) is 5.76 Å². The van der Waals surface area contributed by atoms with Gasteiger partial charge < -0.3 is 9.52 Å². The van der Waals surface area contributed by atoms with Crippen LogP contribution in [0.5, 0.6) is 0 Å². The van der Waals surface area contributed by atoms with Gasteiger partial charge in [-0.15, -0.1) is 0 Å². The van der Waals surface area contributed by atoms with E-state index < -0.39 is 5.97 Å². The van der Waals surface area contributed by atoms with Gasteiger partial charge in [0.15, 0.2) is 0 Å². The lowest BCUT2D eigenvalue weighted by molar-refractivity contribution is -0.137. The van der Waals surface area contributed by atoms with Crippen LogP contribution in [0, 0.1) is 0 Å². The van der Waals surface area contributed by atoms with Gasteiger partial charge in [0, 0.05) is 12.6 Å². The highest BCUT2D eigenvalue weighted by molar-refractivity contribution is 5.66. The lowest BCUT2D eigenvalue weighted by atomic mass is 10.1. The number of furan rings is 1. The molecular weight excluding hydrogens is 218 g/mol. The SMILES string of the molecule is CCC(c1ccco1)N(CCC(=O)O)C(C)C. The van der Waals surface area contributed by atoms with Crippen LogP contribution in [0.15, 0.2) is 22.8 Å². The van der Waals surface area contributed by atoms with Crippen molar-refractivity contribution in [2.45, 2.75) is 45.7 Å². The molecule has 1 N–H and O–H groups in total. The maximum absolute atomic E-state index is 10.7. The molecule has 1 rings (SSSR count). The number of hydrogen-bond acceptors (Lipinski definition) is 3. The van der Waals surface area contributed by atoms with Gasteiger partial charge in [-0.2, -0.15) is 0 Å². The Morgan fingerprint density at radius 1 is 1.53 bits per heavy atom. The summed E-state index contributed by atoms with van der Waals surface area (Å²) >= 11 is 0. The average Bonchev–Trinajstić information content (AvgIpc) is 2.76. The lowest BCUT2D eigenvalue weighted by Crippen LogP contribution is -2.36. The predicted octanol–water partition coefficient (Wildman–Crippen LogP) is 2.92. The first kappa shape index (κ1) is 13.8. The topological polar surface area (TPSA) is 53.7 Å². The second-order valence-electron chi connectivity index (χ2n) is 4.41. The number of carbonyl (C=O) groups is 1. The van der Waals surface area contributed by atoms with Crippen LogP contribution >= 0.6 is 0 Å². The summed E-state index contributed by atoms with van der Waals surface area (Å²) in [6, 6.07) is 4.27. The standard InChI is InChI=1S/C13H21NO3/c1-4-11(12-6-5-9-17-12)14(10(2)3)8-7-13(15)16/h5-6,9-11H,4,7-8H2,1-3H3,(H,15,16). The molecule has 1 aromatic heterocycles. The first-order valence-electron chi connectivity index (χ1n) is 6.07. The Morgan fingerprint density at radius 2 is 2.24 bits per heavy atom. The summed E-state index contributed by atoms with van der Waals surface area (Å²) in [6.07, 6.45) is 2.73. The molecule has 4 nitrogen and oxygen atoms in total. The molecule has 0 fully saturated rings. The van der Waals surface area contributed by atoms with Gasteiger partial charge in [-0.05, 0) is 32.4 Å². The van der Waals surface area contributed by atoms with Crippen molar-refractivity contribution in [2.24, 2.45) is 0 Å². The minimum Gasteiger partial charge on any atom is -0.481 e. The molecule has 0 aliphatic rings. The molecule has 0 spiro atoms. The molecule has 0 saturated heterocycles. The molecule has 1 aromatic rings. The summed E-state index contributed by atoms with van der Waals surface area (Å²) in [5.74, 6) is 0.150. The summed E-state index contributed by atoms with van der Waals surface area (Å²) < 4.78 is 5.44. The van der Waals surface area contributed by atoms with Crippen LogP contribution in [0.3, 0.4) is 0 Å². The Hall–Kier alpha value is -1.29. The Balaban J connectivity index is 2.76. The van der Waals surface area contributed by atoms with Gasteiger partial charge in [-0.25, -0.2) is 0 Å². The predicted molar refractivity (Wildman–Crippen MR) is 65.8 cm³/mol. The Bertz CT molecular complexity index is 332. The molecule has 0 bridgehead atoms. The Kier molecular flexibility index (Phi) is 5.22. The number of nitrogens with zero attached hydrogens (tertiary/aromatic N) is 1. The normalized spacial score (nSPS) is 13.2. The van der Waals surface area contributed by atoms with Gasteiger partial charge in [0.05, 0.1) is 18.7 Å². The van der Waals surface area contributed by atoms with Crippen LogP contribution in [0.4, 0.5) is 0 Å². The number of aliphatic carboxylic acids is 1. The van der Waals surface area contributed by atoms with Gasteiger partial charge in [-0.3, -0.25) is 9.69 Å². The second kappa shape index (κ2) is 6.45. The van der Waals surface area contributed by atoms with Crippen molar-refractivity contribution in [3.05, 3.63) is 24.2 Å². The van der Waals surface area contributed by atoms with Gasteiger partial charge in [0.2, 0.25) is 0 Å². The molecule has 0 aromatic carbocycles. The zero-order valence-corrected chi connectivity index (χ0v) is 10.7. The molecule has 0 aliphatic carbocycles. The van der Waals surface area contributed by atoms with Crippen molar-refractivity contribution >= 4 is 5.97 Å². The molecule has 17 heavy (non-hydrogen) atoms. The smallest absolute Gasteiger partial charge is 0.304 e. The van der Waals surface area contributed by atoms with Crippen LogP contribution in [0.25, 0.3) is 0 Å². The molecule has 96 valence electrons. The zero-order chi connectivity index (χ0) is 12.8. The van der Waals surface area contributed by atoms with E-state index in [-0.39, 0.29) is 12.5 Å². The van der Waals surface area contributed by atoms with Crippen molar-refractivity contribution in [3.8, 4) is 0 Å². The quantitative estimate of drug-likeness (QED) is 0.794. The maximum atomic E-state index is 10.7. The second-order valence-corrected chi connectivity index (χ2v) is 4.41. The third-order valence-electron chi connectivity index (χ3n) is 2.91. The van der Waals surface area contributed by atoms with Gasteiger partial charge >= 0.3 is 5.97 Å². The average molecular weight is 239 g/mol. The highest BCUT2D eigenvalue weighted by Crippen LogP contribution is 2.26. The minimum atomic E-state index is -0.759. The molecule has 1 atom stereocenters. The number of carboxylic acids is 1. The summed E-state index contributed by atoms with van der Waals surface area (Å²) in [5.41, 5.74) is 0. The molecule has 0 amide bonds. The number of carboxylic acid groups (broad SMARTS) is 1. The van der Waals surface area contributed by atoms with Crippen molar-refractivity contribution < 1.29 is 14.3 Å². The van der Waals surface area contributed by atoms with Gasteiger partial charge in [0.25, 0.3) is 0 Å². The third-order valence-corrected chi connectivity index (χ3v) is 2.91. The monoisotopic (exact) mass is 239 g/mol. The molecule has 0 aliphatic heterocycles. The first-order chi connectivity index (χ1) is 8.06. The van der Waals surface area contributed by atoms with Crippen molar-refractivity contribution in [1.82, 2.24) is 4.90 Å². The van der Waals surface area contributed by atoms with E-state index in [2.05, 4.69) is 25.7 Å². The van der Waals surface area contributed by atoms with Crippen LogP contribution in [0.2, 0.25) is 0 Å². The molecular formula is C13H21NO3. The minimum absolute atomic E-state index is 0.157. The van der Waals surface area contributed by atoms with E-state index in [1.54, 1.807) is 6.26 Å². The van der Waals surface area contributed by atoms with E-state index in [0.29, 0.717) is 12.6 Å². The highest BCUT2D eigenvalue weighted by atomic mass is 16.4. The zero-order valence-electron chi connectivity index (χ0n) is 10.7. The van der Waals surface area contributed by atoms with Gasteiger partial charge in [-0.1, -0.05) is 6.92 Å². The Labute approximate surface area is 102 Å². The van der Waals surface area contributed by atoms with Crippen molar-refractivity contribution in [1.29, 1.82) is 0 Å². The van der Waals surface area contributed by atoms with Crippen LogP contribution in [-0.4, -0.2) is 28.6 Å². The van der Waals surface area contributed by atoms with Crippen molar-refractivity contribution in [3.63, 3.8) is 0 Å². The van der Waals surface area contributed by atoms with Crippen molar-refractivity contribution in [2.75, 3.05) is 6.54 Å². The number of rotatable bonds is 7. The van der Waals surface area contributed by atoms with E-state index in [9.17, 15) is 4.79 Å². The number of hydrogen-bond donors (Lipinski definition) is 1. The van der Waals surface area contributed by atoms with E-state index in [1.165, 1.54) is 0 Å². The Morgan fingerprint density at radius 3 is 2.65 bits per heavy atom. The van der Waals surface area contributed by atoms with E-state index in [4.69, 9.17) is 9.52 Å². The van der Waals surface area contributed by atoms with E-state index in [0.717, 1.165) is 12.2 Å². The molecule has 0 saturated carbocycles. The fraction of sp³-hybridized carbons (Fsp3) is 0.615. The third kappa shape index (κ3) is 3.89. The fourth-order valence-electron chi connectivity index (χ4n) is 2.08. The first-order valence-corrected chi connectivity index (χ1v) is 6.07. The van der Waals surface area contributed by atoms with Crippen LogP contribution < -0.4 is 0 Å². The van der Waals surface area contributed by atoms with Crippen LogP contribution in [0.1, 0.15) is 45.4 Å². The van der Waals surface area contributed by atoms with E-state index >= 15 is 0 Å². The molecule has 4 heteroatoms. The summed E-state index contributed by atoms with van der Waals surface area (Å²) in [6.45, 7) is 6.79. The van der Waals surface area contributed by atoms with E-state index in [1.807, 2.05) is 12.1 Å². The molecule has 0 radical (unpaired) electrons. The summed E-state index contributed by atoms with van der Waals surface area (Å²) in [4.78, 5) is 12.8. The largest absolute Gasteiger partial charge is 0.481 e. The summed E-state index contributed by atoms with van der Waals surface area (Å²) in [5, 5.41) is 8.78. The highest BCUT2D eigenvalue weighted by Gasteiger charge is 2.23. The maximum Gasteiger partial charge on any atom is 0.304 e.